The van der Waals surface area contributed by atoms with Crippen LogP contribution in [0.4, 0.5) is 0 Å². The molecular weight excluding hydrogens is 471 g/mol. The number of hydrogen-bond acceptors (Lipinski definition) is 0. The normalized spacial score (nSPS) is 10.9. The fraction of sp³-hybridized carbons (Fsp3) is 0.111. The van der Waals surface area contributed by atoms with E-state index in [-0.39, 0.29) is 12.2 Å². The van der Waals surface area contributed by atoms with Crippen molar-refractivity contribution in [2.24, 2.45) is 0 Å². The van der Waals surface area contributed by atoms with Crippen LogP contribution >= 0.6 is 0 Å². The van der Waals surface area contributed by atoms with Crippen molar-refractivity contribution < 1.29 is 0 Å². The first-order chi connectivity index (χ1) is 14.1. The van der Waals surface area contributed by atoms with Crippen LogP contribution in [0.5, 0.6) is 0 Å². The summed E-state index contributed by atoms with van der Waals surface area (Å²) in [6.07, 6.45) is 0. The summed E-state index contributed by atoms with van der Waals surface area (Å²) in [7, 11) is -0.212. The molecule has 0 spiro atoms. The molecule has 0 nitrogen and oxygen atoms in total. The minimum atomic E-state index is -0.212. The van der Waals surface area contributed by atoms with E-state index in [1.165, 1.54) is 44.4 Å². The van der Waals surface area contributed by atoms with Crippen molar-refractivity contribution in [3.63, 3.8) is 0 Å². The standard InChI is InChI=1S/C19H15.C8H11Si.Sn/c1-4-10-16(11-5-1)19(17-12-6-2-7-13-17)18-14-8-3-9-15-18;1-9(2)8-6-4-3-5-7-8;/h1-15H;3-7H,1-2H3;. The van der Waals surface area contributed by atoms with Crippen LogP contribution in [-0.4, -0.2) is 31.3 Å². The average molecular weight is 497 g/mol. The van der Waals surface area contributed by atoms with Crippen LogP contribution in [0.25, 0.3) is 0 Å². The summed E-state index contributed by atoms with van der Waals surface area (Å²) in [5.74, 6) is 0. The molecule has 4 aromatic carbocycles. The molecule has 0 unspecified atom stereocenters. The predicted molar refractivity (Wildman–Crippen MR) is 129 cm³/mol. The SMILES string of the molecule is C[Si](C)c1ccccc1.[Sn][C](c1ccccc1)(c1ccccc1)c1ccccc1. The van der Waals surface area contributed by atoms with Crippen molar-refractivity contribution >= 4 is 36.5 Å². The number of benzene rings is 4. The summed E-state index contributed by atoms with van der Waals surface area (Å²) in [6, 6.07) is 43.1. The van der Waals surface area contributed by atoms with Crippen LogP contribution in [0, 0.1) is 0 Å². The van der Waals surface area contributed by atoms with E-state index >= 15 is 0 Å². The molecule has 4 aromatic rings. The second-order valence-electron chi connectivity index (χ2n) is 7.21. The Kier molecular flexibility index (Phi) is 7.90. The monoisotopic (exact) mass is 498 g/mol. The van der Waals surface area contributed by atoms with Crippen molar-refractivity contribution in [3.8, 4) is 0 Å². The molecule has 4 radical (unpaired) electrons. The van der Waals surface area contributed by atoms with Gasteiger partial charge in [0.25, 0.3) is 0 Å². The van der Waals surface area contributed by atoms with Gasteiger partial charge in [-0.3, -0.25) is 0 Å². The zero-order chi connectivity index (χ0) is 20.5. The molecule has 0 fully saturated rings. The summed E-state index contributed by atoms with van der Waals surface area (Å²) in [5, 5.41) is 1.52. The fourth-order valence-corrected chi connectivity index (χ4v) is 5.62. The first-order valence-electron chi connectivity index (χ1n) is 9.89. The Bertz CT molecular complexity index is 871. The van der Waals surface area contributed by atoms with E-state index in [9.17, 15) is 0 Å². The van der Waals surface area contributed by atoms with Crippen LogP contribution in [0.3, 0.4) is 0 Å². The van der Waals surface area contributed by atoms with Gasteiger partial charge in [-0.15, -0.1) is 0 Å². The van der Waals surface area contributed by atoms with Gasteiger partial charge in [0.2, 0.25) is 0 Å². The van der Waals surface area contributed by atoms with Crippen molar-refractivity contribution in [3.05, 3.63) is 138 Å². The topological polar surface area (TPSA) is 0 Å². The Hall–Kier alpha value is -2.10. The second-order valence-corrected chi connectivity index (χ2v) is 11.9. The molecule has 142 valence electrons. The van der Waals surface area contributed by atoms with Gasteiger partial charge in [0.15, 0.2) is 0 Å². The Morgan fingerprint density at radius 3 is 1.00 bits per heavy atom. The van der Waals surface area contributed by atoms with E-state index in [1.54, 1.807) is 0 Å². The molecule has 0 aliphatic heterocycles. The first kappa shape index (κ1) is 21.6. The molecule has 0 aliphatic rings. The quantitative estimate of drug-likeness (QED) is 0.247. The van der Waals surface area contributed by atoms with Gasteiger partial charge in [-0.1, -0.05) is 48.6 Å². The van der Waals surface area contributed by atoms with Crippen LogP contribution in [0.2, 0.25) is 13.1 Å². The zero-order valence-electron chi connectivity index (χ0n) is 17.0. The van der Waals surface area contributed by atoms with E-state index in [0.717, 1.165) is 0 Å². The van der Waals surface area contributed by atoms with E-state index in [2.05, 4.69) is 134 Å². The third-order valence-corrected chi connectivity index (χ3v) is 8.93. The van der Waals surface area contributed by atoms with Gasteiger partial charge in [0.05, 0.1) is 8.80 Å². The number of hydrogen-bond donors (Lipinski definition) is 0. The zero-order valence-corrected chi connectivity index (χ0v) is 20.9. The molecule has 0 heterocycles. The molecule has 0 saturated heterocycles. The van der Waals surface area contributed by atoms with E-state index in [4.69, 9.17) is 0 Å². The van der Waals surface area contributed by atoms with E-state index < -0.39 is 0 Å². The van der Waals surface area contributed by atoms with E-state index in [1.807, 2.05) is 0 Å². The van der Waals surface area contributed by atoms with Gasteiger partial charge in [0.1, 0.15) is 0 Å². The van der Waals surface area contributed by atoms with E-state index in [0.29, 0.717) is 0 Å². The second kappa shape index (κ2) is 10.6. The van der Waals surface area contributed by atoms with Crippen LogP contribution in [-0.2, 0) is 3.43 Å². The Morgan fingerprint density at radius 2 is 0.759 bits per heavy atom. The van der Waals surface area contributed by atoms with Crippen LogP contribution < -0.4 is 5.19 Å². The van der Waals surface area contributed by atoms with Crippen molar-refractivity contribution in [1.82, 2.24) is 0 Å². The fourth-order valence-electron chi connectivity index (χ4n) is 3.34. The van der Waals surface area contributed by atoms with Crippen LogP contribution in [0.1, 0.15) is 16.7 Å². The molecular formula is C27H26SiSn. The third kappa shape index (κ3) is 5.49. The number of rotatable bonds is 4. The Labute approximate surface area is 190 Å². The molecule has 0 aliphatic carbocycles. The Morgan fingerprint density at radius 1 is 0.483 bits per heavy atom. The van der Waals surface area contributed by atoms with Gasteiger partial charge < -0.3 is 0 Å². The van der Waals surface area contributed by atoms with Gasteiger partial charge in [-0.25, -0.2) is 0 Å². The average Bonchev–Trinajstić information content (AvgIpc) is 2.81. The summed E-state index contributed by atoms with van der Waals surface area (Å²) in [4.78, 5) is 0. The molecule has 4 rings (SSSR count). The summed E-state index contributed by atoms with van der Waals surface area (Å²) in [6.45, 7) is 4.61. The summed E-state index contributed by atoms with van der Waals surface area (Å²) in [5.41, 5.74) is 4.07. The van der Waals surface area contributed by atoms with Gasteiger partial charge in [-0.05, 0) is 0 Å². The molecule has 0 N–H and O–H groups in total. The van der Waals surface area contributed by atoms with Crippen LogP contribution in [0.15, 0.2) is 121 Å². The maximum absolute atomic E-state index is 2.31. The van der Waals surface area contributed by atoms with Gasteiger partial charge in [-0.2, -0.15) is 0 Å². The minimum absolute atomic E-state index is 0.0312. The molecule has 0 amide bonds. The predicted octanol–water partition coefficient (Wildman–Crippen LogP) is 5.80. The first-order valence-corrected chi connectivity index (χ1v) is 13.8. The maximum atomic E-state index is 2.31. The third-order valence-electron chi connectivity index (χ3n) is 4.97. The molecule has 0 aromatic heterocycles. The molecule has 0 bridgehead atoms. The van der Waals surface area contributed by atoms with Crippen molar-refractivity contribution in [1.29, 1.82) is 0 Å². The Balaban J connectivity index is 0.000000224. The molecule has 0 atom stereocenters. The van der Waals surface area contributed by atoms with Crippen molar-refractivity contribution in [2.45, 2.75) is 16.5 Å². The molecule has 2 heteroatoms. The molecule has 29 heavy (non-hydrogen) atoms. The van der Waals surface area contributed by atoms with Gasteiger partial charge in [0, 0.05) is 0 Å². The summed E-state index contributed by atoms with van der Waals surface area (Å²) >= 11 is 1.48. The van der Waals surface area contributed by atoms with Crippen molar-refractivity contribution in [2.75, 3.05) is 0 Å². The van der Waals surface area contributed by atoms with Gasteiger partial charge >= 0.3 is 134 Å². The summed E-state index contributed by atoms with van der Waals surface area (Å²) < 4.78 is -0.0312. The molecule has 0 saturated carbocycles.